The van der Waals surface area contributed by atoms with Gasteiger partial charge in [-0.3, -0.25) is 4.79 Å². The second-order valence-corrected chi connectivity index (χ2v) is 4.92. The van der Waals surface area contributed by atoms with E-state index in [9.17, 15) is 4.79 Å². The lowest BCUT2D eigenvalue weighted by molar-refractivity contribution is 0.412. The molecule has 23 heavy (non-hydrogen) atoms. The van der Waals surface area contributed by atoms with Gasteiger partial charge in [0.1, 0.15) is 23.0 Å². The zero-order valence-corrected chi connectivity index (χ0v) is 12.9. The van der Waals surface area contributed by atoms with Crippen LogP contribution in [0.15, 0.2) is 69.9 Å². The quantitative estimate of drug-likeness (QED) is 0.731. The standard InChI is InChI=1S/C19H16O4/c1-21-16-9-5-3-7-14(16)18-11-13(20)12-19(23-18)15-8-4-6-10-17(15)22-2/h3-12H,1-2H3. The lowest BCUT2D eigenvalue weighted by atomic mass is 10.1. The van der Waals surface area contributed by atoms with Gasteiger partial charge in [0.2, 0.25) is 0 Å². The fourth-order valence-electron chi connectivity index (χ4n) is 2.44. The van der Waals surface area contributed by atoms with Crippen molar-refractivity contribution in [3.05, 3.63) is 70.9 Å². The number of hydrogen-bond donors (Lipinski definition) is 0. The van der Waals surface area contributed by atoms with Crippen LogP contribution in [0, 0.1) is 0 Å². The molecule has 116 valence electrons. The first-order valence-electron chi connectivity index (χ1n) is 7.15. The van der Waals surface area contributed by atoms with Crippen molar-refractivity contribution in [1.82, 2.24) is 0 Å². The predicted octanol–water partition coefficient (Wildman–Crippen LogP) is 3.99. The molecule has 0 saturated heterocycles. The smallest absolute Gasteiger partial charge is 0.186 e. The molecule has 2 aromatic carbocycles. The zero-order chi connectivity index (χ0) is 16.2. The van der Waals surface area contributed by atoms with Crippen molar-refractivity contribution < 1.29 is 13.9 Å². The van der Waals surface area contributed by atoms with E-state index in [0.717, 1.165) is 11.1 Å². The van der Waals surface area contributed by atoms with Crippen molar-refractivity contribution in [3.63, 3.8) is 0 Å². The number of para-hydroxylation sites is 2. The van der Waals surface area contributed by atoms with E-state index in [-0.39, 0.29) is 5.43 Å². The molecule has 0 unspecified atom stereocenters. The Morgan fingerprint density at radius 2 is 1.17 bits per heavy atom. The van der Waals surface area contributed by atoms with Gasteiger partial charge in [-0.05, 0) is 24.3 Å². The second-order valence-electron chi connectivity index (χ2n) is 4.92. The largest absolute Gasteiger partial charge is 0.496 e. The predicted molar refractivity (Wildman–Crippen MR) is 89.0 cm³/mol. The Balaban J connectivity index is 2.19. The molecule has 0 aliphatic rings. The lowest BCUT2D eigenvalue weighted by Crippen LogP contribution is -2.00. The van der Waals surface area contributed by atoms with Crippen LogP contribution in [0.3, 0.4) is 0 Å². The van der Waals surface area contributed by atoms with Gasteiger partial charge in [0.25, 0.3) is 0 Å². The highest BCUT2D eigenvalue weighted by Crippen LogP contribution is 2.34. The summed E-state index contributed by atoms with van der Waals surface area (Å²) in [6, 6.07) is 17.7. The van der Waals surface area contributed by atoms with Gasteiger partial charge in [0.05, 0.1) is 25.3 Å². The summed E-state index contributed by atoms with van der Waals surface area (Å²) in [6.45, 7) is 0. The Morgan fingerprint density at radius 3 is 1.61 bits per heavy atom. The molecule has 0 saturated carbocycles. The van der Waals surface area contributed by atoms with Crippen molar-refractivity contribution in [2.45, 2.75) is 0 Å². The van der Waals surface area contributed by atoms with Crippen LogP contribution >= 0.6 is 0 Å². The highest BCUT2D eigenvalue weighted by atomic mass is 16.5. The van der Waals surface area contributed by atoms with Crippen LogP contribution in [-0.2, 0) is 0 Å². The molecule has 4 heteroatoms. The maximum atomic E-state index is 12.1. The van der Waals surface area contributed by atoms with Gasteiger partial charge in [-0.15, -0.1) is 0 Å². The third-order valence-electron chi connectivity index (χ3n) is 3.51. The first-order valence-corrected chi connectivity index (χ1v) is 7.15. The monoisotopic (exact) mass is 308 g/mol. The molecule has 3 aromatic rings. The molecule has 0 aliphatic carbocycles. The van der Waals surface area contributed by atoms with Crippen LogP contribution in [0.2, 0.25) is 0 Å². The summed E-state index contributed by atoms with van der Waals surface area (Å²) < 4.78 is 16.6. The fraction of sp³-hybridized carbons (Fsp3) is 0.105. The molecule has 0 bridgehead atoms. The van der Waals surface area contributed by atoms with E-state index in [4.69, 9.17) is 13.9 Å². The Labute approximate surface area is 133 Å². The first-order chi connectivity index (χ1) is 11.2. The zero-order valence-electron chi connectivity index (χ0n) is 12.9. The normalized spacial score (nSPS) is 10.3. The topological polar surface area (TPSA) is 48.7 Å². The Kier molecular flexibility index (Phi) is 4.15. The van der Waals surface area contributed by atoms with Crippen molar-refractivity contribution in [2.75, 3.05) is 14.2 Å². The van der Waals surface area contributed by atoms with E-state index >= 15 is 0 Å². The minimum atomic E-state index is -0.141. The second kappa shape index (κ2) is 6.40. The average Bonchev–Trinajstić information content (AvgIpc) is 2.61. The van der Waals surface area contributed by atoms with Gasteiger partial charge in [-0.25, -0.2) is 0 Å². The number of rotatable bonds is 4. The number of benzene rings is 2. The number of hydrogen-bond acceptors (Lipinski definition) is 4. The lowest BCUT2D eigenvalue weighted by Gasteiger charge is -2.10. The van der Waals surface area contributed by atoms with E-state index in [0.29, 0.717) is 23.0 Å². The maximum absolute atomic E-state index is 12.1. The summed E-state index contributed by atoms with van der Waals surface area (Å²) in [5, 5.41) is 0. The minimum Gasteiger partial charge on any atom is -0.496 e. The summed E-state index contributed by atoms with van der Waals surface area (Å²) in [7, 11) is 3.17. The van der Waals surface area contributed by atoms with Crippen molar-refractivity contribution in [2.24, 2.45) is 0 Å². The summed E-state index contributed by atoms with van der Waals surface area (Å²) in [5.41, 5.74) is 1.31. The minimum absolute atomic E-state index is 0.141. The van der Waals surface area contributed by atoms with E-state index in [1.54, 1.807) is 14.2 Å². The van der Waals surface area contributed by atoms with Crippen LogP contribution < -0.4 is 14.9 Å². The van der Waals surface area contributed by atoms with E-state index in [2.05, 4.69) is 0 Å². The molecule has 0 aliphatic heterocycles. The highest BCUT2D eigenvalue weighted by Gasteiger charge is 2.13. The first kappa shape index (κ1) is 14.9. The van der Waals surface area contributed by atoms with Gasteiger partial charge >= 0.3 is 0 Å². The van der Waals surface area contributed by atoms with Crippen LogP contribution in [0.5, 0.6) is 11.5 Å². The molecule has 0 radical (unpaired) electrons. The molecule has 0 amide bonds. The Hall–Kier alpha value is -3.01. The summed E-state index contributed by atoms with van der Waals surface area (Å²) in [6.07, 6.45) is 0. The molecule has 0 atom stereocenters. The highest BCUT2D eigenvalue weighted by molar-refractivity contribution is 5.70. The van der Waals surface area contributed by atoms with Gasteiger partial charge in [0, 0.05) is 12.1 Å². The Bertz CT molecular complexity index is 812. The van der Waals surface area contributed by atoms with Gasteiger partial charge in [-0.1, -0.05) is 24.3 Å². The fourth-order valence-corrected chi connectivity index (χ4v) is 2.44. The summed E-state index contributed by atoms with van der Waals surface area (Å²) >= 11 is 0. The maximum Gasteiger partial charge on any atom is 0.186 e. The van der Waals surface area contributed by atoms with Crippen LogP contribution in [0.25, 0.3) is 22.6 Å². The molecule has 1 heterocycles. The van der Waals surface area contributed by atoms with Crippen molar-refractivity contribution in [3.8, 4) is 34.1 Å². The number of ether oxygens (including phenoxy) is 2. The van der Waals surface area contributed by atoms with Crippen LogP contribution in [0.4, 0.5) is 0 Å². The van der Waals surface area contributed by atoms with Crippen LogP contribution in [0.1, 0.15) is 0 Å². The van der Waals surface area contributed by atoms with Crippen molar-refractivity contribution in [1.29, 1.82) is 0 Å². The molecule has 1 aromatic heterocycles. The van der Waals surface area contributed by atoms with E-state index < -0.39 is 0 Å². The molecule has 4 nitrogen and oxygen atoms in total. The summed E-state index contributed by atoms with van der Waals surface area (Å²) in [4.78, 5) is 12.1. The van der Waals surface area contributed by atoms with E-state index in [1.807, 2.05) is 48.5 Å². The Morgan fingerprint density at radius 1 is 0.739 bits per heavy atom. The van der Waals surface area contributed by atoms with Gasteiger partial charge in [-0.2, -0.15) is 0 Å². The van der Waals surface area contributed by atoms with Gasteiger partial charge < -0.3 is 13.9 Å². The van der Waals surface area contributed by atoms with Crippen LogP contribution in [-0.4, -0.2) is 14.2 Å². The third-order valence-corrected chi connectivity index (χ3v) is 3.51. The SMILES string of the molecule is COc1ccccc1-c1cc(=O)cc(-c2ccccc2OC)o1. The molecular formula is C19H16O4. The summed E-state index contributed by atoms with van der Waals surface area (Å²) in [5.74, 6) is 2.20. The molecule has 3 rings (SSSR count). The van der Waals surface area contributed by atoms with Crippen molar-refractivity contribution >= 4 is 0 Å². The van der Waals surface area contributed by atoms with E-state index in [1.165, 1.54) is 12.1 Å². The molecule has 0 spiro atoms. The van der Waals surface area contributed by atoms with Gasteiger partial charge in [0.15, 0.2) is 5.43 Å². The molecular weight excluding hydrogens is 292 g/mol. The average molecular weight is 308 g/mol. The third kappa shape index (κ3) is 2.97. The number of methoxy groups -OCH3 is 2. The molecule has 0 fully saturated rings. The molecule has 0 N–H and O–H groups in total.